The van der Waals surface area contributed by atoms with Crippen molar-refractivity contribution < 1.29 is 4.79 Å². The molecule has 30 heavy (non-hydrogen) atoms. The Morgan fingerprint density at radius 1 is 1.17 bits per heavy atom. The molecule has 3 heterocycles. The number of rotatable bonds is 2. The number of nitrogens with two attached hydrogens (primary N) is 1. The Labute approximate surface area is 192 Å². The molecule has 8 heteroatoms. The predicted molar refractivity (Wildman–Crippen MR) is 128 cm³/mol. The quantitative estimate of drug-likeness (QED) is 0.590. The van der Waals surface area contributed by atoms with Gasteiger partial charge >= 0.3 is 0 Å². The fourth-order valence-electron chi connectivity index (χ4n) is 4.95. The molecule has 0 unspecified atom stereocenters. The first-order valence-electron chi connectivity index (χ1n) is 9.77. The maximum absolute atomic E-state index is 13.6. The zero-order chi connectivity index (χ0) is 19.4. The Morgan fingerprint density at radius 3 is 2.70 bits per heavy atom. The van der Waals surface area contributed by atoms with E-state index in [1.54, 1.807) is 0 Å². The number of carbonyl (C=O) groups excluding carboxylic acids is 1. The van der Waals surface area contributed by atoms with Crippen LogP contribution in [0.15, 0.2) is 36.4 Å². The molecule has 3 aromatic rings. The third kappa shape index (κ3) is 3.66. The number of likely N-dealkylation sites (tertiary alicyclic amines) is 1. The molecule has 0 bridgehead atoms. The van der Waals surface area contributed by atoms with Crippen LogP contribution in [0.25, 0.3) is 10.2 Å². The zero-order valence-electron chi connectivity index (χ0n) is 16.9. The van der Waals surface area contributed by atoms with Crippen LogP contribution in [0, 0.1) is 25.7 Å². The van der Waals surface area contributed by atoms with Gasteiger partial charge in [-0.05, 0) is 48.6 Å². The highest BCUT2D eigenvalue weighted by atomic mass is 35.5. The molecule has 0 saturated carbocycles. The highest BCUT2D eigenvalue weighted by molar-refractivity contribution is 7.22. The number of anilines is 1. The predicted octanol–water partition coefficient (Wildman–Crippen LogP) is 4.37. The number of halogens is 2. The van der Waals surface area contributed by atoms with Gasteiger partial charge in [-0.1, -0.05) is 35.6 Å². The molecule has 2 aliphatic heterocycles. The Morgan fingerprint density at radius 2 is 1.93 bits per heavy atom. The molecular formula is C22H26Cl2N4OS. The number of aromatic nitrogens is 1. The lowest BCUT2D eigenvalue weighted by Crippen LogP contribution is -2.35. The highest BCUT2D eigenvalue weighted by Crippen LogP contribution is 2.44. The van der Waals surface area contributed by atoms with Crippen molar-refractivity contribution in [3.05, 3.63) is 58.7 Å². The SMILES string of the molecule is Cc1ccccc1[C@H]1[C@H]2CNC[C@H]2CN1C(=O)c1cc(C)c2nc(N)sc2c1.Cl.Cl. The third-order valence-corrected chi connectivity index (χ3v) is 7.11. The molecule has 0 spiro atoms. The third-order valence-electron chi connectivity index (χ3n) is 6.28. The van der Waals surface area contributed by atoms with Crippen molar-refractivity contribution in [3.63, 3.8) is 0 Å². The van der Waals surface area contributed by atoms with Gasteiger partial charge in [-0.3, -0.25) is 4.79 Å². The van der Waals surface area contributed by atoms with Gasteiger partial charge in [0.1, 0.15) is 0 Å². The van der Waals surface area contributed by atoms with Gasteiger partial charge < -0.3 is 16.0 Å². The normalized spacial score (nSPS) is 22.5. The van der Waals surface area contributed by atoms with Gasteiger partial charge in [0.2, 0.25) is 0 Å². The van der Waals surface area contributed by atoms with Crippen LogP contribution in [0.3, 0.4) is 0 Å². The van der Waals surface area contributed by atoms with E-state index in [9.17, 15) is 4.79 Å². The standard InChI is InChI=1S/C22H24N4OS.2ClH/c1-12-5-3-4-6-16(12)20-17-10-24-9-15(17)11-26(20)21(27)14-7-13(2)19-18(8-14)28-22(23)25-19;;/h3-8,15,17,20,24H,9-11H2,1-2H3,(H2,23,25);2*1H/t15-,17-,20-;;/m0../s1. The summed E-state index contributed by atoms with van der Waals surface area (Å²) >= 11 is 1.44. The molecule has 2 saturated heterocycles. The minimum atomic E-state index is 0. The number of hydrogen-bond acceptors (Lipinski definition) is 5. The van der Waals surface area contributed by atoms with Crippen LogP contribution in [0.4, 0.5) is 5.13 Å². The summed E-state index contributed by atoms with van der Waals surface area (Å²) in [4.78, 5) is 20.1. The lowest BCUT2D eigenvalue weighted by molar-refractivity contribution is 0.0714. The maximum Gasteiger partial charge on any atom is 0.254 e. The number of carbonyl (C=O) groups is 1. The van der Waals surface area contributed by atoms with E-state index < -0.39 is 0 Å². The lowest BCUT2D eigenvalue weighted by atomic mass is 9.87. The molecule has 3 atom stereocenters. The molecule has 160 valence electrons. The van der Waals surface area contributed by atoms with Crippen molar-refractivity contribution in [1.82, 2.24) is 15.2 Å². The second-order valence-corrected chi connectivity index (χ2v) is 9.10. The van der Waals surface area contributed by atoms with E-state index in [2.05, 4.69) is 46.4 Å². The summed E-state index contributed by atoms with van der Waals surface area (Å²) in [7, 11) is 0. The van der Waals surface area contributed by atoms with Gasteiger partial charge in [-0.2, -0.15) is 0 Å². The number of benzene rings is 2. The molecule has 1 amide bonds. The number of thiazole rings is 1. The molecular weight excluding hydrogens is 439 g/mol. The summed E-state index contributed by atoms with van der Waals surface area (Å²) in [5, 5.41) is 4.06. The Bertz CT molecular complexity index is 1090. The van der Waals surface area contributed by atoms with Crippen LogP contribution >= 0.6 is 36.2 Å². The van der Waals surface area contributed by atoms with Crippen molar-refractivity contribution >= 4 is 57.4 Å². The first kappa shape index (κ1) is 22.8. The first-order chi connectivity index (χ1) is 13.5. The first-order valence-corrected chi connectivity index (χ1v) is 10.6. The number of nitrogen functional groups attached to an aromatic ring is 1. The van der Waals surface area contributed by atoms with Crippen molar-refractivity contribution in [2.75, 3.05) is 25.4 Å². The molecule has 2 aliphatic rings. The minimum absolute atomic E-state index is 0. The van der Waals surface area contributed by atoms with Crippen LogP contribution in [0.1, 0.15) is 33.1 Å². The van der Waals surface area contributed by atoms with Crippen LogP contribution in [-0.2, 0) is 0 Å². The molecule has 5 rings (SSSR count). The van der Waals surface area contributed by atoms with Crippen molar-refractivity contribution in [1.29, 1.82) is 0 Å². The number of hydrogen-bond donors (Lipinski definition) is 2. The average Bonchev–Trinajstić information content (AvgIpc) is 3.35. The van der Waals surface area contributed by atoms with Crippen LogP contribution in [0.2, 0.25) is 0 Å². The second-order valence-electron chi connectivity index (χ2n) is 8.03. The van der Waals surface area contributed by atoms with Gasteiger partial charge in [0.15, 0.2) is 5.13 Å². The van der Waals surface area contributed by atoms with E-state index in [1.165, 1.54) is 22.5 Å². The van der Waals surface area contributed by atoms with Crippen molar-refractivity contribution in [2.45, 2.75) is 19.9 Å². The van der Waals surface area contributed by atoms with E-state index in [0.717, 1.165) is 41.0 Å². The Kier molecular flexibility index (Phi) is 6.63. The zero-order valence-corrected chi connectivity index (χ0v) is 19.4. The maximum atomic E-state index is 13.6. The van der Waals surface area contributed by atoms with Crippen LogP contribution in [-0.4, -0.2) is 35.4 Å². The summed E-state index contributed by atoms with van der Waals surface area (Å²) in [6.45, 7) is 6.90. The summed E-state index contributed by atoms with van der Waals surface area (Å²) < 4.78 is 0.981. The number of amides is 1. The van der Waals surface area contributed by atoms with Gasteiger partial charge in [0.05, 0.1) is 16.3 Å². The smallest absolute Gasteiger partial charge is 0.254 e. The molecule has 3 N–H and O–H groups in total. The summed E-state index contributed by atoms with van der Waals surface area (Å²) in [5.74, 6) is 1.09. The van der Waals surface area contributed by atoms with E-state index in [0.29, 0.717) is 17.0 Å². The number of nitrogens with one attached hydrogen (secondary N) is 1. The topological polar surface area (TPSA) is 71.2 Å². The average molecular weight is 465 g/mol. The molecule has 0 radical (unpaired) electrons. The molecule has 0 aliphatic carbocycles. The van der Waals surface area contributed by atoms with Gasteiger partial charge in [-0.25, -0.2) is 4.98 Å². The number of aryl methyl sites for hydroxylation is 2. The second kappa shape index (κ2) is 8.71. The number of nitrogens with zero attached hydrogens (tertiary/aromatic N) is 2. The Balaban J connectivity index is 0.00000128. The summed E-state index contributed by atoms with van der Waals surface area (Å²) in [6.07, 6.45) is 0. The Hall–Kier alpha value is -1.86. The van der Waals surface area contributed by atoms with E-state index >= 15 is 0 Å². The van der Waals surface area contributed by atoms with E-state index in [1.807, 2.05) is 19.1 Å². The van der Waals surface area contributed by atoms with Crippen molar-refractivity contribution in [2.24, 2.45) is 11.8 Å². The lowest BCUT2D eigenvalue weighted by Gasteiger charge is -2.30. The van der Waals surface area contributed by atoms with E-state index in [-0.39, 0.29) is 36.8 Å². The van der Waals surface area contributed by atoms with Gasteiger partial charge in [0, 0.05) is 31.1 Å². The number of fused-ring (bicyclic) bond motifs is 2. The minimum Gasteiger partial charge on any atom is -0.375 e. The molecule has 2 fully saturated rings. The molecule has 1 aromatic heterocycles. The monoisotopic (exact) mass is 464 g/mol. The highest BCUT2D eigenvalue weighted by Gasteiger charge is 2.47. The van der Waals surface area contributed by atoms with Gasteiger partial charge in [0.25, 0.3) is 5.91 Å². The summed E-state index contributed by atoms with van der Waals surface area (Å²) in [6, 6.07) is 12.5. The van der Waals surface area contributed by atoms with Crippen LogP contribution in [0.5, 0.6) is 0 Å². The van der Waals surface area contributed by atoms with Gasteiger partial charge in [-0.15, -0.1) is 24.8 Å². The van der Waals surface area contributed by atoms with Crippen LogP contribution < -0.4 is 11.1 Å². The van der Waals surface area contributed by atoms with Crippen molar-refractivity contribution in [3.8, 4) is 0 Å². The molecule has 5 nitrogen and oxygen atoms in total. The molecule has 2 aromatic carbocycles. The largest absolute Gasteiger partial charge is 0.375 e. The fraction of sp³-hybridized carbons (Fsp3) is 0.364. The van der Waals surface area contributed by atoms with E-state index in [4.69, 9.17) is 5.73 Å². The summed E-state index contributed by atoms with van der Waals surface area (Å²) in [5.41, 5.74) is 11.0. The fourth-order valence-corrected chi connectivity index (χ4v) is 5.80.